The molecular formula is C12H17N3O3. The van der Waals surface area contributed by atoms with E-state index in [1.54, 1.807) is 25.4 Å². The largest absolute Gasteiger partial charge is 0.480 e. The highest BCUT2D eigenvalue weighted by Crippen LogP contribution is 2.33. The van der Waals surface area contributed by atoms with Gasteiger partial charge in [0.1, 0.15) is 12.1 Å². The molecule has 18 heavy (non-hydrogen) atoms. The van der Waals surface area contributed by atoms with Crippen LogP contribution in [0.1, 0.15) is 32.2 Å². The smallest absolute Gasteiger partial charge is 0.326 e. The van der Waals surface area contributed by atoms with Gasteiger partial charge in [-0.25, -0.2) is 4.79 Å². The minimum absolute atomic E-state index is 0.313. The van der Waals surface area contributed by atoms with Gasteiger partial charge in [0.2, 0.25) is 5.91 Å². The van der Waals surface area contributed by atoms with Crippen molar-refractivity contribution in [2.75, 3.05) is 0 Å². The summed E-state index contributed by atoms with van der Waals surface area (Å²) in [5.74, 6) is -0.832. The maximum atomic E-state index is 11.9. The first-order chi connectivity index (χ1) is 8.58. The number of aliphatic carboxylic acids is 1. The highest BCUT2D eigenvalue weighted by atomic mass is 16.4. The van der Waals surface area contributed by atoms with Crippen molar-refractivity contribution in [1.29, 1.82) is 0 Å². The predicted molar refractivity (Wildman–Crippen MR) is 63.8 cm³/mol. The van der Waals surface area contributed by atoms with Crippen LogP contribution >= 0.6 is 0 Å². The fourth-order valence-corrected chi connectivity index (χ4v) is 1.83. The summed E-state index contributed by atoms with van der Waals surface area (Å²) < 4.78 is 1.51. The topological polar surface area (TPSA) is 84.2 Å². The molecule has 1 heterocycles. The van der Waals surface area contributed by atoms with Crippen molar-refractivity contribution in [3.05, 3.63) is 18.5 Å². The first-order valence-electron chi connectivity index (χ1n) is 6.10. The lowest BCUT2D eigenvalue weighted by molar-refractivity contribution is -0.142. The van der Waals surface area contributed by atoms with E-state index >= 15 is 0 Å². The Bertz CT molecular complexity index is 426. The Morgan fingerprint density at radius 2 is 2.28 bits per heavy atom. The Hall–Kier alpha value is -1.85. The summed E-state index contributed by atoms with van der Waals surface area (Å²) in [4.78, 5) is 23.0. The summed E-state index contributed by atoms with van der Waals surface area (Å²) in [6.07, 6.45) is 5.92. The van der Waals surface area contributed by atoms with Crippen LogP contribution in [0.15, 0.2) is 18.5 Å². The lowest BCUT2D eigenvalue weighted by atomic mass is 10.1. The zero-order chi connectivity index (χ0) is 13.1. The Morgan fingerprint density at radius 1 is 1.56 bits per heavy atom. The first kappa shape index (κ1) is 12.6. The van der Waals surface area contributed by atoms with Gasteiger partial charge in [0, 0.05) is 12.4 Å². The van der Waals surface area contributed by atoms with E-state index in [1.807, 2.05) is 0 Å². The van der Waals surface area contributed by atoms with Crippen LogP contribution in [0.3, 0.4) is 0 Å². The molecule has 1 aromatic rings. The molecule has 2 unspecified atom stereocenters. The molecule has 98 valence electrons. The normalized spacial score (nSPS) is 18.1. The average molecular weight is 251 g/mol. The van der Waals surface area contributed by atoms with E-state index in [1.165, 1.54) is 4.68 Å². The number of hydrogen-bond acceptors (Lipinski definition) is 3. The number of nitrogens with one attached hydrogen (secondary N) is 1. The van der Waals surface area contributed by atoms with Crippen molar-refractivity contribution in [3.63, 3.8) is 0 Å². The molecule has 1 aliphatic carbocycles. The van der Waals surface area contributed by atoms with Gasteiger partial charge >= 0.3 is 5.97 Å². The monoisotopic (exact) mass is 251 g/mol. The molecule has 1 fully saturated rings. The van der Waals surface area contributed by atoms with Crippen LogP contribution in [0.4, 0.5) is 0 Å². The second-order valence-electron chi connectivity index (χ2n) is 4.74. The summed E-state index contributed by atoms with van der Waals surface area (Å²) in [6.45, 7) is 1.69. The molecule has 6 heteroatoms. The number of carboxylic acid groups (broad SMARTS) is 1. The van der Waals surface area contributed by atoms with Gasteiger partial charge in [0.25, 0.3) is 0 Å². The van der Waals surface area contributed by atoms with Crippen LogP contribution in [-0.4, -0.2) is 32.8 Å². The summed E-state index contributed by atoms with van der Waals surface area (Å²) in [7, 11) is 0. The summed E-state index contributed by atoms with van der Waals surface area (Å²) in [5.41, 5.74) is 0. The van der Waals surface area contributed by atoms with Gasteiger partial charge in [0.15, 0.2) is 0 Å². The summed E-state index contributed by atoms with van der Waals surface area (Å²) >= 11 is 0. The lowest BCUT2D eigenvalue weighted by Gasteiger charge is -2.17. The van der Waals surface area contributed by atoms with Gasteiger partial charge < -0.3 is 10.4 Å². The third-order valence-corrected chi connectivity index (χ3v) is 3.18. The average Bonchev–Trinajstić information content (AvgIpc) is 2.98. The van der Waals surface area contributed by atoms with E-state index in [4.69, 9.17) is 5.11 Å². The van der Waals surface area contributed by atoms with E-state index < -0.39 is 18.1 Å². The van der Waals surface area contributed by atoms with E-state index in [0.717, 1.165) is 12.8 Å². The van der Waals surface area contributed by atoms with Gasteiger partial charge in [-0.3, -0.25) is 9.48 Å². The lowest BCUT2D eigenvalue weighted by Crippen LogP contribution is -2.44. The van der Waals surface area contributed by atoms with Crippen LogP contribution in [0.25, 0.3) is 0 Å². The van der Waals surface area contributed by atoms with Crippen LogP contribution in [0, 0.1) is 5.92 Å². The van der Waals surface area contributed by atoms with E-state index in [0.29, 0.717) is 12.3 Å². The molecule has 0 spiro atoms. The molecular weight excluding hydrogens is 234 g/mol. The molecule has 0 bridgehead atoms. The summed E-state index contributed by atoms with van der Waals surface area (Å²) in [5, 5.41) is 15.6. The third-order valence-electron chi connectivity index (χ3n) is 3.18. The second-order valence-corrected chi connectivity index (χ2v) is 4.74. The molecule has 0 saturated heterocycles. The highest BCUT2D eigenvalue weighted by molar-refractivity contribution is 5.85. The molecule has 0 aliphatic heterocycles. The Kier molecular flexibility index (Phi) is 3.64. The zero-order valence-electron chi connectivity index (χ0n) is 10.2. The third kappa shape index (κ3) is 3.09. The number of aromatic nitrogens is 2. The molecule has 2 rings (SSSR count). The Labute approximate surface area is 105 Å². The number of hydrogen-bond donors (Lipinski definition) is 2. The summed E-state index contributed by atoms with van der Waals surface area (Å²) in [6, 6.07) is 0.437. The maximum absolute atomic E-state index is 11.9. The minimum atomic E-state index is -0.970. The zero-order valence-corrected chi connectivity index (χ0v) is 10.2. The molecule has 1 aromatic heterocycles. The molecule has 2 atom stereocenters. The van der Waals surface area contributed by atoms with E-state index in [2.05, 4.69) is 10.4 Å². The molecule has 1 amide bonds. The molecule has 1 aliphatic rings. The van der Waals surface area contributed by atoms with Crippen LogP contribution in [0.2, 0.25) is 0 Å². The van der Waals surface area contributed by atoms with E-state index in [-0.39, 0.29) is 5.91 Å². The maximum Gasteiger partial charge on any atom is 0.326 e. The van der Waals surface area contributed by atoms with Crippen molar-refractivity contribution < 1.29 is 14.7 Å². The van der Waals surface area contributed by atoms with Gasteiger partial charge in [-0.1, -0.05) is 12.8 Å². The highest BCUT2D eigenvalue weighted by Gasteiger charge is 2.31. The molecule has 6 nitrogen and oxygen atoms in total. The molecule has 2 N–H and O–H groups in total. The number of carbonyl (C=O) groups is 2. The van der Waals surface area contributed by atoms with Crippen molar-refractivity contribution in [1.82, 2.24) is 15.1 Å². The number of amides is 1. The fourth-order valence-electron chi connectivity index (χ4n) is 1.83. The van der Waals surface area contributed by atoms with E-state index in [9.17, 15) is 9.59 Å². The standard InChI is InChI=1S/C12H17N3O3/c1-8(15-6-2-5-13-15)11(16)14-10(12(17)18)7-9-3-4-9/h2,5-6,8-10H,3-4,7H2,1H3,(H,14,16)(H,17,18). The van der Waals surface area contributed by atoms with Crippen LogP contribution < -0.4 is 5.32 Å². The van der Waals surface area contributed by atoms with Crippen molar-refractivity contribution in [2.24, 2.45) is 5.92 Å². The van der Waals surface area contributed by atoms with Crippen molar-refractivity contribution in [3.8, 4) is 0 Å². The number of carbonyl (C=O) groups excluding carboxylic acids is 1. The van der Waals surface area contributed by atoms with Crippen molar-refractivity contribution >= 4 is 11.9 Å². The Balaban J connectivity index is 1.93. The molecule has 1 saturated carbocycles. The van der Waals surface area contributed by atoms with Crippen LogP contribution in [0.5, 0.6) is 0 Å². The SMILES string of the molecule is CC(C(=O)NC(CC1CC1)C(=O)O)n1cccn1. The molecule has 0 radical (unpaired) electrons. The van der Waals surface area contributed by atoms with Gasteiger partial charge in [-0.05, 0) is 25.3 Å². The minimum Gasteiger partial charge on any atom is -0.480 e. The Morgan fingerprint density at radius 3 is 2.78 bits per heavy atom. The quantitative estimate of drug-likeness (QED) is 0.783. The predicted octanol–water partition coefficient (Wildman–Crippen LogP) is 0.814. The second kappa shape index (κ2) is 5.20. The first-order valence-corrected chi connectivity index (χ1v) is 6.10. The fraction of sp³-hybridized carbons (Fsp3) is 0.583. The van der Waals surface area contributed by atoms with Gasteiger partial charge in [-0.15, -0.1) is 0 Å². The number of carboxylic acids is 1. The number of nitrogens with zero attached hydrogens (tertiary/aromatic N) is 2. The van der Waals surface area contributed by atoms with Gasteiger partial charge in [0.05, 0.1) is 0 Å². The van der Waals surface area contributed by atoms with Gasteiger partial charge in [-0.2, -0.15) is 5.10 Å². The molecule has 0 aromatic carbocycles. The van der Waals surface area contributed by atoms with Crippen LogP contribution in [-0.2, 0) is 9.59 Å². The van der Waals surface area contributed by atoms with Crippen molar-refractivity contribution in [2.45, 2.75) is 38.3 Å². The number of rotatable bonds is 6.